The number of carbonyl (C=O) groups is 3. The van der Waals surface area contributed by atoms with Gasteiger partial charge in [0.1, 0.15) is 18.3 Å². The molecule has 0 bridgehead atoms. The number of hydrogen-bond acceptors (Lipinski definition) is 10. The molecule has 0 spiro atoms. The molecule has 2 amide bonds. The number of aliphatic hydroxyl groups is 5. The molecule has 1 rings (SSSR count). The third-order valence-electron chi connectivity index (χ3n) is 4.62. The van der Waals surface area contributed by atoms with Crippen LogP contribution in [0.1, 0.15) is 19.8 Å². The van der Waals surface area contributed by atoms with Gasteiger partial charge in [0.2, 0.25) is 11.8 Å². The molecule has 174 valence electrons. The average Bonchev–Trinajstić information content (AvgIpc) is 2.70. The SMILES string of the molecule is CC1(C(=O)O)CC(O)C(NC(=O)CNC(=O)CCOCCO)C(C(O)[C@H](O)CO)O1. The summed E-state index contributed by atoms with van der Waals surface area (Å²) in [6.07, 6.45) is -7.01. The lowest BCUT2D eigenvalue weighted by molar-refractivity contribution is -0.224. The molecular weight excluding hydrogens is 408 g/mol. The number of ether oxygens (including phenoxy) is 2. The van der Waals surface area contributed by atoms with Crippen molar-refractivity contribution in [1.82, 2.24) is 10.6 Å². The van der Waals surface area contributed by atoms with Crippen molar-refractivity contribution in [2.24, 2.45) is 0 Å². The molecule has 8 N–H and O–H groups in total. The predicted molar refractivity (Wildman–Crippen MR) is 98.1 cm³/mol. The molecule has 1 aliphatic heterocycles. The van der Waals surface area contributed by atoms with Gasteiger partial charge in [-0.15, -0.1) is 0 Å². The Morgan fingerprint density at radius 2 is 1.87 bits per heavy atom. The highest BCUT2D eigenvalue weighted by Gasteiger charge is 2.52. The standard InChI is InChI=1S/C17H30N2O11/c1-17(16(27)28)6-9(22)13(15(30-17)14(26)10(23)8-21)19-12(25)7-18-11(24)2-4-29-5-3-20/h9-10,13-15,20-23,26H,2-8H2,1H3,(H,18,24)(H,19,25)(H,27,28)/t9?,10-,13?,14?,15?,17?/m1/s1. The van der Waals surface area contributed by atoms with Crippen LogP contribution in [0.2, 0.25) is 0 Å². The summed E-state index contributed by atoms with van der Waals surface area (Å²) in [7, 11) is 0. The zero-order valence-corrected chi connectivity index (χ0v) is 16.6. The fourth-order valence-electron chi connectivity index (χ4n) is 2.93. The Morgan fingerprint density at radius 3 is 2.43 bits per heavy atom. The van der Waals surface area contributed by atoms with Gasteiger partial charge in [-0.3, -0.25) is 9.59 Å². The van der Waals surface area contributed by atoms with E-state index in [0.717, 1.165) is 0 Å². The smallest absolute Gasteiger partial charge is 0.335 e. The van der Waals surface area contributed by atoms with E-state index in [4.69, 9.17) is 19.7 Å². The van der Waals surface area contributed by atoms with Gasteiger partial charge in [0.05, 0.1) is 45.1 Å². The first-order chi connectivity index (χ1) is 14.1. The van der Waals surface area contributed by atoms with Gasteiger partial charge in [-0.25, -0.2) is 4.79 Å². The van der Waals surface area contributed by atoms with Crippen LogP contribution in [0.25, 0.3) is 0 Å². The van der Waals surface area contributed by atoms with Crippen LogP contribution in [0, 0.1) is 0 Å². The number of aliphatic carboxylic acids is 1. The first kappa shape index (κ1) is 26.2. The first-order valence-electron chi connectivity index (χ1n) is 9.36. The number of aliphatic hydroxyl groups excluding tert-OH is 5. The van der Waals surface area contributed by atoms with E-state index in [-0.39, 0.29) is 26.2 Å². The van der Waals surface area contributed by atoms with Crippen LogP contribution < -0.4 is 10.6 Å². The van der Waals surface area contributed by atoms with Gasteiger partial charge in [0, 0.05) is 12.8 Å². The summed E-state index contributed by atoms with van der Waals surface area (Å²) in [6.45, 7) is -0.245. The number of rotatable bonds is 12. The van der Waals surface area contributed by atoms with Crippen LogP contribution in [0.5, 0.6) is 0 Å². The normalized spacial score (nSPS) is 28.4. The highest BCUT2D eigenvalue weighted by Crippen LogP contribution is 2.32. The van der Waals surface area contributed by atoms with Crippen LogP contribution in [-0.2, 0) is 23.9 Å². The van der Waals surface area contributed by atoms with E-state index in [1.807, 2.05) is 0 Å². The van der Waals surface area contributed by atoms with E-state index in [2.05, 4.69) is 10.6 Å². The summed E-state index contributed by atoms with van der Waals surface area (Å²) in [5, 5.41) is 62.0. The lowest BCUT2D eigenvalue weighted by Gasteiger charge is -2.45. The van der Waals surface area contributed by atoms with Gasteiger partial charge in [0.25, 0.3) is 0 Å². The number of hydrogen-bond donors (Lipinski definition) is 8. The molecule has 0 aliphatic carbocycles. The largest absolute Gasteiger partial charge is 0.479 e. The Morgan fingerprint density at radius 1 is 1.20 bits per heavy atom. The Kier molecular flexibility index (Phi) is 10.6. The molecule has 0 saturated carbocycles. The molecule has 1 fully saturated rings. The van der Waals surface area contributed by atoms with E-state index in [1.165, 1.54) is 6.92 Å². The highest BCUT2D eigenvalue weighted by atomic mass is 16.6. The number of amides is 2. The number of carbonyl (C=O) groups excluding carboxylic acids is 2. The second-order valence-corrected chi connectivity index (χ2v) is 7.09. The fraction of sp³-hybridized carbons (Fsp3) is 0.824. The molecule has 13 heteroatoms. The maximum Gasteiger partial charge on any atom is 0.335 e. The zero-order chi connectivity index (χ0) is 22.9. The van der Waals surface area contributed by atoms with Crippen molar-refractivity contribution in [2.45, 2.75) is 55.8 Å². The highest BCUT2D eigenvalue weighted by molar-refractivity contribution is 5.85. The van der Waals surface area contributed by atoms with Gasteiger partial charge in [0.15, 0.2) is 5.60 Å². The molecular formula is C17H30N2O11. The van der Waals surface area contributed by atoms with Gasteiger partial charge < -0.3 is 50.7 Å². The summed E-state index contributed by atoms with van der Waals surface area (Å²) in [6, 6.07) is -1.31. The maximum absolute atomic E-state index is 12.2. The zero-order valence-electron chi connectivity index (χ0n) is 16.6. The Bertz CT molecular complexity index is 590. The molecule has 30 heavy (non-hydrogen) atoms. The van der Waals surface area contributed by atoms with Gasteiger partial charge in [-0.05, 0) is 6.92 Å². The fourth-order valence-corrected chi connectivity index (χ4v) is 2.93. The molecule has 13 nitrogen and oxygen atoms in total. The first-order valence-corrected chi connectivity index (χ1v) is 9.36. The minimum Gasteiger partial charge on any atom is -0.479 e. The minimum atomic E-state index is -1.90. The molecule has 0 radical (unpaired) electrons. The van der Waals surface area contributed by atoms with Crippen LogP contribution in [0.3, 0.4) is 0 Å². The Labute approximate surface area is 172 Å². The monoisotopic (exact) mass is 438 g/mol. The van der Waals surface area contributed by atoms with E-state index in [0.29, 0.717) is 0 Å². The molecule has 0 aromatic carbocycles. The molecule has 5 unspecified atom stereocenters. The molecule has 1 saturated heterocycles. The number of nitrogens with one attached hydrogen (secondary N) is 2. The third kappa shape index (κ3) is 7.43. The quantitative estimate of drug-likeness (QED) is 0.136. The van der Waals surface area contributed by atoms with Crippen molar-refractivity contribution in [3.63, 3.8) is 0 Å². The lowest BCUT2D eigenvalue weighted by atomic mass is 9.84. The summed E-state index contributed by atoms with van der Waals surface area (Å²) >= 11 is 0. The van der Waals surface area contributed by atoms with Crippen molar-refractivity contribution in [2.75, 3.05) is 33.0 Å². The summed E-state index contributed by atoms with van der Waals surface area (Å²) in [5.41, 5.74) is -1.90. The molecule has 1 heterocycles. The van der Waals surface area contributed by atoms with E-state index in [1.54, 1.807) is 0 Å². The predicted octanol–water partition coefficient (Wildman–Crippen LogP) is -4.31. The van der Waals surface area contributed by atoms with Crippen molar-refractivity contribution < 1.29 is 54.5 Å². The van der Waals surface area contributed by atoms with Crippen molar-refractivity contribution in [3.8, 4) is 0 Å². The molecule has 0 aromatic heterocycles. The summed E-state index contributed by atoms with van der Waals surface area (Å²) in [5.74, 6) is -2.69. The van der Waals surface area contributed by atoms with Crippen LogP contribution >= 0.6 is 0 Å². The summed E-state index contributed by atoms with van der Waals surface area (Å²) in [4.78, 5) is 35.3. The summed E-state index contributed by atoms with van der Waals surface area (Å²) < 4.78 is 10.3. The number of carboxylic acid groups (broad SMARTS) is 1. The van der Waals surface area contributed by atoms with Gasteiger partial charge in [-0.2, -0.15) is 0 Å². The Hall–Kier alpha value is -1.87. The van der Waals surface area contributed by atoms with Crippen LogP contribution in [-0.4, -0.2) is 117 Å². The van der Waals surface area contributed by atoms with Crippen molar-refractivity contribution in [1.29, 1.82) is 0 Å². The topological polar surface area (TPSA) is 215 Å². The van der Waals surface area contributed by atoms with Gasteiger partial charge >= 0.3 is 5.97 Å². The van der Waals surface area contributed by atoms with Crippen LogP contribution in [0.15, 0.2) is 0 Å². The van der Waals surface area contributed by atoms with Crippen LogP contribution in [0.4, 0.5) is 0 Å². The van der Waals surface area contributed by atoms with E-state index in [9.17, 15) is 34.8 Å². The van der Waals surface area contributed by atoms with Gasteiger partial charge in [-0.1, -0.05) is 0 Å². The van der Waals surface area contributed by atoms with Crippen molar-refractivity contribution >= 4 is 17.8 Å². The Balaban J connectivity index is 2.74. The second kappa shape index (κ2) is 12.1. The molecule has 6 atom stereocenters. The molecule has 0 aromatic rings. The molecule has 1 aliphatic rings. The van der Waals surface area contributed by atoms with E-state index < -0.39 is 73.4 Å². The third-order valence-corrected chi connectivity index (χ3v) is 4.62. The van der Waals surface area contributed by atoms with Crippen molar-refractivity contribution in [3.05, 3.63) is 0 Å². The van der Waals surface area contributed by atoms with E-state index >= 15 is 0 Å². The minimum absolute atomic E-state index is 0.0459. The lowest BCUT2D eigenvalue weighted by Crippen LogP contribution is -2.67. The average molecular weight is 438 g/mol. The maximum atomic E-state index is 12.2. The second-order valence-electron chi connectivity index (χ2n) is 7.09. The number of carboxylic acids is 1.